The second-order valence-electron chi connectivity index (χ2n) is 4.69. The van der Waals surface area contributed by atoms with Crippen molar-refractivity contribution in [3.05, 3.63) is 34.9 Å². The maximum absolute atomic E-state index is 11.4. The third-order valence-electron chi connectivity index (χ3n) is 3.35. The maximum atomic E-state index is 11.4. The minimum absolute atomic E-state index is 0.123. The molecule has 0 N–H and O–H groups in total. The fraction of sp³-hybridized carbons (Fsp3) is 0.462. The summed E-state index contributed by atoms with van der Waals surface area (Å²) >= 11 is 0. The molecule has 1 aliphatic heterocycles. The van der Waals surface area contributed by atoms with Gasteiger partial charge in [-0.1, -0.05) is 32.9 Å². The van der Waals surface area contributed by atoms with E-state index >= 15 is 0 Å². The van der Waals surface area contributed by atoms with Crippen LogP contribution in [0.25, 0.3) is 0 Å². The summed E-state index contributed by atoms with van der Waals surface area (Å²) in [6.07, 6.45) is 1.06. The van der Waals surface area contributed by atoms with Crippen molar-refractivity contribution < 1.29 is 9.53 Å². The normalized spacial score (nSPS) is 15.0. The molecule has 2 nitrogen and oxygen atoms in total. The van der Waals surface area contributed by atoms with E-state index in [2.05, 4.69) is 26.8 Å². The Hall–Kier alpha value is -1.31. The first-order chi connectivity index (χ1) is 7.04. The van der Waals surface area contributed by atoms with Crippen LogP contribution in [-0.4, -0.2) is 5.97 Å². The van der Waals surface area contributed by atoms with Crippen molar-refractivity contribution in [2.75, 3.05) is 0 Å². The number of rotatable bonds is 2. The Balaban J connectivity index is 2.46. The second-order valence-corrected chi connectivity index (χ2v) is 4.69. The van der Waals surface area contributed by atoms with E-state index in [1.807, 2.05) is 12.1 Å². The zero-order valence-electron chi connectivity index (χ0n) is 9.46. The minimum atomic E-state index is -0.182. The van der Waals surface area contributed by atoms with E-state index in [-0.39, 0.29) is 11.4 Å². The molecule has 0 amide bonds. The lowest BCUT2D eigenvalue weighted by Gasteiger charge is -2.23. The zero-order valence-corrected chi connectivity index (χ0v) is 9.46. The average molecular weight is 204 g/mol. The van der Waals surface area contributed by atoms with Crippen molar-refractivity contribution >= 4 is 5.97 Å². The molecule has 1 aromatic carbocycles. The van der Waals surface area contributed by atoms with Gasteiger partial charge in [-0.3, -0.25) is 0 Å². The fourth-order valence-electron chi connectivity index (χ4n) is 1.74. The van der Waals surface area contributed by atoms with Crippen LogP contribution in [0.3, 0.4) is 0 Å². The predicted octanol–water partition coefficient (Wildman–Crippen LogP) is 3.04. The van der Waals surface area contributed by atoms with E-state index in [0.717, 1.165) is 17.5 Å². The SMILES string of the molecule is CCC(C)(C)c1ccc2c(c1)C(=O)OC2. The van der Waals surface area contributed by atoms with Crippen molar-refractivity contribution in [1.82, 2.24) is 0 Å². The molecule has 0 unspecified atom stereocenters. The van der Waals surface area contributed by atoms with Gasteiger partial charge in [0.05, 0.1) is 5.56 Å². The molecule has 1 aliphatic rings. The highest BCUT2D eigenvalue weighted by Gasteiger charge is 2.25. The number of esters is 1. The standard InChI is InChI=1S/C13H16O2/c1-4-13(2,3)10-6-5-9-8-15-12(14)11(9)7-10/h5-7H,4,8H2,1-3H3. The largest absolute Gasteiger partial charge is 0.457 e. The van der Waals surface area contributed by atoms with Gasteiger partial charge in [-0.25, -0.2) is 4.79 Å². The zero-order chi connectivity index (χ0) is 11.1. The van der Waals surface area contributed by atoms with Gasteiger partial charge in [-0.15, -0.1) is 0 Å². The van der Waals surface area contributed by atoms with Gasteiger partial charge in [0.25, 0.3) is 0 Å². The van der Waals surface area contributed by atoms with E-state index in [9.17, 15) is 4.79 Å². The summed E-state index contributed by atoms with van der Waals surface area (Å²) < 4.78 is 4.99. The molecule has 1 aromatic rings. The van der Waals surface area contributed by atoms with Gasteiger partial charge in [0, 0.05) is 5.56 Å². The molecule has 0 aliphatic carbocycles. The molecule has 2 rings (SSSR count). The molecule has 0 saturated carbocycles. The molecule has 0 spiro atoms. The van der Waals surface area contributed by atoms with Gasteiger partial charge in [-0.05, 0) is 23.5 Å². The van der Waals surface area contributed by atoms with E-state index in [0.29, 0.717) is 6.61 Å². The number of benzene rings is 1. The first-order valence-corrected chi connectivity index (χ1v) is 5.35. The first-order valence-electron chi connectivity index (χ1n) is 5.35. The molecule has 0 aromatic heterocycles. The van der Waals surface area contributed by atoms with Gasteiger partial charge >= 0.3 is 5.97 Å². The van der Waals surface area contributed by atoms with Crippen LogP contribution in [0.1, 0.15) is 48.7 Å². The summed E-state index contributed by atoms with van der Waals surface area (Å²) in [6, 6.07) is 6.09. The minimum Gasteiger partial charge on any atom is -0.457 e. The van der Waals surface area contributed by atoms with Gasteiger partial charge in [0.1, 0.15) is 6.61 Å². The lowest BCUT2D eigenvalue weighted by Crippen LogP contribution is -2.16. The van der Waals surface area contributed by atoms with Crippen LogP contribution < -0.4 is 0 Å². The number of fused-ring (bicyclic) bond motifs is 1. The molecule has 15 heavy (non-hydrogen) atoms. The second kappa shape index (κ2) is 3.37. The smallest absolute Gasteiger partial charge is 0.338 e. The van der Waals surface area contributed by atoms with Crippen LogP contribution in [0.5, 0.6) is 0 Å². The van der Waals surface area contributed by atoms with Crippen molar-refractivity contribution in [2.24, 2.45) is 0 Å². The third kappa shape index (κ3) is 1.65. The van der Waals surface area contributed by atoms with Crippen LogP contribution in [-0.2, 0) is 16.8 Å². The summed E-state index contributed by atoms with van der Waals surface area (Å²) in [5.41, 5.74) is 3.09. The quantitative estimate of drug-likeness (QED) is 0.692. The van der Waals surface area contributed by atoms with Gasteiger partial charge < -0.3 is 4.74 Å². The number of ether oxygens (including phenoxy) is 1. The summed E-state index contributed by atoms with van der Waals surface area (Å²) in [5, 5.41) is 0. The van der Waals surface area contributed by atoms with E-state index in [4.69, 9.17) is 4.74 Å². The Morgan fingerprint density at radius 3 is 2.80 bits per heavy atom. The Kier molecular flexibility index (Phi) is 2.29. The van der Waals surface area contributed by atoms with Crippen molar-refractivity contribution in [3.8, 4) is 0 Å². The Labute approximate surface area is 90.3 Å². The summed E-state index contributed by atoms with van der Waals surface area (Å²) in [5.74, 6) is -0.182. The Bertz CT molecular complexity index is 405. The molecule has 0 atom stereocenters. The van der Waals surface area contributed by atoms with Crippen molar-refractivity contribution in [3.63, 3.8) is 0 Å². The van der Waals surface area contributed by atoms with Crippen LogP contribution >= 0.6 is 0 Å². The summed E-state index contributed by atoms with van der Waals surface area (Å²) in [6.45, 7) is 6.97. The van der Waals surface area contributed by atoms with Crippen molar-refractivity contribution in [2.45, 2.75) is 39.2 Å². The highest BCUT2D eigenvalue weighted by atomic mass is 16.5. The van der Waals surface area contributed by atoms with E-state index in [1.54, 1.807) is 0 Å². The van der Waals surface area contributed by atoms with Gasteiger partial charge in [-0.2, -0.15) is 0 Å². The molecule has 0 radical (unpaired) electrons. The highest BCUT2D eigenvalue weighted by molar-refractivity contribution is 5.93. The molecule has 0 bridgehead atoms. The monoisotopic (exact) mass is 204 g/mol. The fourth-order valence-corrected chi connectivity index (χ4v) is 1.74. The van der Waals surface area contributed by atoms with Crippen LogP contribution in [0.2, 0.25) is 0 Å². The summed E-state index contributed by atoms with van der Waals surface area (Å²) in [4.78, 5) is 11.4. The number of hydrogen-bond donors (Lipinski definition) is 0. The lowest BCUT2D eigenvalue weighted by molar-refractivity contribution is 0.0535. The molecule has 2 heteroatoms. The van der Waals surface area contributed by atoms with E-state index in [1.165, 1.54) is 5.56 Å². The highest BCUT2D eigenvalue weighted by Crippen LogP contribution is 2.30. The predicted molar refractivity (Wildman–Crippen MR) is 58.9 cm³/mol. The first kappa shape index (κ1) is 10.2. The lowest BCUT2D eigenvalue weighted by atomic mass is 9.81. The topological polar surface area (TPSA) is 26.3 Å². The Morgan fingerprint density at radius 2 is 2.13 bits per heavy atom. The Morgan fingerprint density at radius 1 is 1.40 bits per heavy atom. The molecule has 0 saturated heterocycles. The molecule has 80 valence electrons. The van der Waals surface area contributed by atoms with Gasteiger partial charge in [0.2, 0.25) is 0 Å². The molecule has 1 heterocycles. The van der Waals surface area contributed by atoms with Crippen LogP contribution in [0.15, 0.2) is 18.2 Å². The molecule has 0 fully saturated rings. The molecular formula is C13H16O2. The third-order valence-corrected chi connectivity index (χ3v) is 3.35. The van der Waals surface area contributed by atoms with Crippen LogP contribution in [0.4, 0.5) is 0 Å². The number of cyclic esters (lactones) is 1. The van der Waals surface area contributed by atoms with Crippen LogP contribution in [0, 0.1) is 0 Å². The number of hydrogen-bond acceptors (Lipinski definition) is 2. The summed E-state index contributed by atoms with van der Waals surface area (Å²) in [7, 11) is 0. The average Bonchev–Trinajstić information content (AvgIpc) is 2.60. The van der Waals surface area contributed by atoms with E-state index < -0.39 is 0 Å². The number of carbonyl (C=O) groups excluding carboxylic acids is 1. The maximum Gasteiger partial charge on any atom is 0.338 e. The number of carbonyl (C=O) groups is 1. The van der Waals surface area contributed by atoms with Gasteiger partial charge in [0.15, 0.2) is 0 Å². The van der Waals surface area contributed by atoms with Crippen molar-refractivity contribution in [1.29, 1.82) is 0 Å². The molecular weight excluding hydrogens is 188 g/mol.